The third-order valence-electron chi connectivity index (χ3n) is 4.85. The molecule has 1 saturated heterocycles. The number of piperidine rings is 1. The summed E-state index contributed by atoms with van der Waals surface area (Å²) in [4.78, 5) is 23.1. The van der Waals surface area contributed by atoms with Crippen LogP contribution >= 0.6 is 0 Å². The van der Waals surface area contributed by atoms with Crippen molar-refractivity contribution in [1.29, 1.82) is 0 Å². The number of benzene rings is 2. The number of aromatic nitrogens is 2. The molecule has 2 aromatic carbocycles. The number of rotatable bonds is 5. The molecule has 1 amide bonds. The number of halogens is 1. The molecule has 2 heterocycles. The molecule has 1 fully saturated rings. The van der Waals surface area contributed by atoms with Gasteiger partial charge in [-0.25, -0.2) is 14.4 Å². The highest BCUT2D eigenvalue weighted by Gasteiger charge is 2.12. The third-order valence-corrected chi connectivity index (χ3v) is 4.85. The fourth-order valence-corrected chi connectivity index (χ4v) is 3.29. The largest absolute Gasteiger partial charge is 0.372 e. The van der Waals surface area contributed by atoms with Crippen LogP contribution in [0.5, 0.6) is 0 Å². The zero-order chi connectivity index (χ0) is 20.1. The third kappa shape index (κ3) is 4.87. The maximum atomic E-state index is 13.0. The standard InChI is InChI=1S/C22H22FN5O/c23-16-4-6-17(7-5-16)26-21-15-24-20(14-25-21)22(29)27-18-8-10-19(11-9-18)28-12-2-1-3-13-28/h4-11,14-15H,1-3,12-13H2,(H,25,26)(H,27,29). The van der Waals surface area contributed by atoms with Gasteiger partial charge in [-0.1, -0.05) is 0 Å². The van der Waals surface area contributed by atoms with E-state index in [0.717, 1.165) is 13.1 Å². The molecule has 0 saturated carbocycles. The maximum absolute atomic E-state index is 13.0. The van der Waals surface area contributed by atoms with Crippen LogP contribution in [0.4, 0.5) is 27.3 Å². The zero-order valence-electron chi connectivity index (χ0n) is 15.9. The Morgan fingerprint density at radius 1 is 0.862 bits per heavy atom. The average molecular weight is 391 g/mol. The molecule has 148 valence electrons. The summed E-state index contributed by atoms with van der Waals surface area (Å²) in [5.41, 5.74) is 2.80. The second-order valence-corrected chi connectivity index (χ2v) is 6.97. The minimum Gasteiger partial charge on any atom is -0.372 e. The Morgan fingerprint density at radius 2 is 1.55 bits per heavy atom. The SMILES string of the molecule is O=C(Nc1ccc(N2CCCCC2)cc1)c1cnc(Nc2ccc(F)cc2)cn1. The van der Waals surface area contributed by atoms with Gasteiger partial charge in [0.05, 0.1) is 12.4 Å². The maximum Gasteiger partial charge on any atom is 0.275 e. The van der Waals surface area contributed by atoms with Crippen molar-refractivity contribution in [2.45, 2.75) is 19.3 Å². The van der Waals surface area contributed by atoms with E-state index in [-0.39, 0.29) is 17.4 Å². The second-order valence-electron chi connectivity index (χ2n) is 6.97. The van der Waals surface area contributed by atoms with Crippen molar-refractivity contribution >= 4 is 28.8 Å². The Labute approximate surface area is 168 Å². The first kappa shape index (κ1) is 18.9. The van der Waals surface area contributed by atoms with Gasteiger partial charge < -0.3 is 15.5 Å². The number of anilines is 4. The van der Waals surface area contributed by atoms with Gasteiger partial charge in [-0.15, -0.1) is 0 Å². The monoisotopic (exact) mass is 391 g/mol. The predicted molar refractivity (Wildman–Crippen MR) is 112 cm³/mol. The molecule has 0 atom stereocenters. The number of hydrogen-bond donors (Lipinski definition) is 2. The topological polar surface area (TPSA) is 70.2 Å². The van der Waals surface area contributed by atoms with Crippen molar-refractivity contribution < 1.29 is 9.18 Å². The highest BCUT2D eigenvalue weighted by Crippen LogP contribution is 2.22. The summed E-state index contributed by atoms with van der Waals surface area (Å²) in [7, 11) is 0. The van der Waals surface area contributed by atoms with E-state index in [0.29, 0.717) is 17.2 Å². The Hall–Kier alpha value is -3.48. The lowest BCUT2D eigenvalue weighted by Gasteiger charge is -2.28. The van der Waals surface area contributed by atoms with Gasteiger partial charge in [-0.2, -0.15) is 0 Å². The molecule has 0 radical (unpaired) electrons. The highest BCUT2D eigenvalue weighted by molar-refractivity contribution is 6.02. The van der Waals surface area contributed by atoms with Gasteiger partial charge in [-0.05, 0) is 67.8 Å². The summed E-state index contributed by atoms with van der Waals surface area (Å²) in [6, 6.07) is 13.8. The van der Waals surface area contributed by atoms with Gasteiger partial charge in [0.25, 0.3) is 5.91 Å². The van der Waals surface area contributed by atoms with Gasteiger partial charge in [0.2, 0.25) is 0 Å². The predicted octanol–water partition coefficient (Wildman–Crippen LogP) is 4.60. The Balaban J connectivity index is 1.36. The van der Waals surface area contributed by atoms with E-state index in [4.69, 9.17) is 0 Å². The Bertz CT molecular complexity index is 952. The van der Waals surface area contributed by atoms with Crippen LogP contribution in [0.15, 0.2) is 60.9 Å². The van der Waals surface area contributed by atoms with Crippen LogP contribution in [0.3, 0.4) is 0 Å². The molecule has 0 spiro atoms. The first-order valence-electron chi connectivity index (χ1n) is 9.68. The first-order chi connectivity index (χ1) is 14.2. The van der Waals surface area contributed by atoms with Gasteiger partial charge in [0.15, 0.2) is 0 Å². The van der Waals surface area contributed by atoms with Crippen molar-refractivity contribution in [2.75, 3.05) is 28.6 Å². The van der Waals surface area contributed by atoms with Crippen molar-refractivity contribution in [3.8, 4) is 0 Å². The van der Waals surface area contributed by atoms with Gasteiger partial charge in [0, 0.05) is 30.2 Å². The molecule has 0 bridgehead atoms. The molecule has 0 aliphatic carbocycles. The van der Waals surface area contributed by atoms with E-state index < -0.39 is 0 Å². The number of amides is 1. The Kier molecular flexibility index (Phi) is 5.65. The van der Waals surface area contributed by atoms with Crippen LogP contribution < -0.4 is 15.5 Å². The van der Waals surface area contributed by atoms with E-state index in [1.165, 1.54) is 49.5 Å². The summed E-state index contributed by atoms with van der Waals surface area (Å²) >= 11 is 0. The lowest BCUT2D eigenvalue weighted by molar-refractivity contribution is 0.102. The normalized spacial score (nSPS) is 13.8. The van der Waals surface area contributed by atoms with Crippen molar-refractivity contribution in [3.63, 3.8) is 0 Å². The van der Waals surface area contributed by atoms with Crippen LogP contribution in [-0.2, 0) is 0 Å². The average Bonchev–Trinajstić information content (AvgIpc) is 2.77. The molecule has 0 unspecified atom stereocenters. The zero-order valence-corrected chi connectivity index (χ0v) is 15.9. The van der Waals surface area contributed by atoms with Crippen LogP contribution in [0, 0.1) is 5.82 Å². The molecule has 4 rings (SSSR count). The van der Waals surface area contributed by atoms with Gasteiger partial charge in [0.1, 0.15) is 17.3 Å². The van der Waals surface area contributed by atoms with Crippen LogP contribution in [0.25, 0.3) is 0 Å². The van der Waals surface area contributed by atoms with Gasteiger partial charge >= 0.3 is 0 Å². The van der Waals surface area contributed by atoms with E-state index in [2.05, 4.69) is 25.5 Å². The van der Waals surface area contributed by atoms with Crippen molar-refractivity contribution in [2.24, 2.45) is 0 Å². The number of hydrogen-bond acceptors (Lipinski definition) is 5. The fraction of sp³-hybridized carbons (Fsp3) is 0.227. The smallest absolute Gasteiger partial charge is 0.275 e. The minimum absolute atomic E-state index is 0.217. The van der Waals surface area contributed by atoms with Crippen LogP contribution in [0.1, 0.15) is 29.8 Å². The summed E-state index contributed by atoms with van der Waals surface area (Å²) in [5, 5.41) is 5.85. The summed E-state index contributed by atoms with van der Waals surface area (Å²) in [5.74, 6) is -0.159. The van der Waals surface area contributed by atoms with E-state index in [1.54, 1.807) is 12.1 Å². The Morgan fingerprint density at radius 3 is 2.21 bits per heavy atom. The lowest BCUT2D eigenvalue weighted by atomic mass is 10.1. The highest BCUT2D eigenvalue weighted by atomic mass is 19.1. The summed E-state index contributed by atoms with van der Waals surface area (Å²) < 4.78 is 13.0. The van der Waals surface area contributed by atoms with E-state index >= 15 is 0 Å². The quantitative estimate of drug-likeness (QED) is 0.665. The first-order valence-corrected chi connectivity index (χ1v) is 9.68. The van der Waals surface area contributed by atoms with E-state index in [1.807, 2.05) is 24.3 Å². The number of nitrogens with one attached hydrogen (secondary N) is 2. The van der Waals surface area contributed by atoms with Gasteiger partial charge in [-0.3, -0.25) is 4.79 Å². The minimum atomic E-state index is -0.323. The number of carbonyl (C=O) groups is 1. The molecule has 29 heavy (non-hydrogen) atoms. The van der Waals surface area contributed by atoms with E-state index in [9.17, 15) is 9.18 Å². The van der Waals surface area contributed by atoms with Crippen molar-refractivity contribution in [1.82, 2.24) is 9.97 Å². The molecule has 1 aliphatic rings. The molecule has 1 aromatic heterocycles. The summed E-state index contributed by atoms with van der Waals surface area (Å²) in [6.07, 6.45) is 6.62. The fourth-order valence-electron chi connectivity index (χ4n) is 3.29. The molecule has 7 heteroatoms. The molecule has 2 N–H and O–H groups in total. The lowest BCUT2D eigenvalue weighted by Crippen LogP contribution is -2.29. The number of carbonyl (C=O) groups excluding carboxylic acids is 1. The second kappa shape index (κ2) is 8.68. The molecular weight excluding hydrogens is 369 g/mol. The van der Waals surface area contributed by atoms with Crippen LogP contribution in [0.2, 0.25) is 0 Å². The number of nitrogens with zero attached hydrogens (tertiary/aromatic N) is 3. The molecular formula is C22H22FN5O. The van der Waals surface area contributed by atoms with Crippen LogP contribution in [-0.4, -0.2) is 29.0 Å². The summed E-state index contributed by atoms with van der Waals surface area (Å²) in [6.45, 7) is 2.17. The molecule has 6 nitrogen and oxygen atoms in total. The molecule has 3 aromatic rings. The molecule has 1 aliphatic heterocycles. The van der Waals surface area contributed by atoms with Crippen molar-refractivity contribution in [3.05, 3.63) is 72.4 Å².